The molecule has 0 amide bonds. The fourth-order valence-electron chi connectivity index (χ4n) is 2.61. The maximum atomic E-state index is 3.73. The average Bonchev–Trinajstić information content (AvgIpc) is 3.15. The minimum atomic E-state index is 0.325. The van der Waals surface area contributed by atoms with Crippen LogP contribution in [0.4, 0.5) is 0 Å². The third-order valence-electron chi connectivity index (χ3n) is 3.74. The lowest BCUT2D eigenvalue weighted by atomic mass is 10.0. The van der Waals surface area contributed by atoms with Crippen LogP contribution in [0.15, 0.2) is 41.8 Å². The molecule has 0 aliphatic rings. The molecule has 1 nitrogen and oxygen atoms in total. The fourth-order valence-corrected chi connectivity index (χ4v) is 4.65. The summed E-state index contributed by atoms with van der Waals surface area (Å²) in [6.07, 6.45) is 2.28. The third kappa shape index (κ3) is 3.05. The Labute approximate surface area is 134 Å². The maximum Gasteiger partial charge on any atom is 0.0685 e. The average molecular weight is 316 g/mol. The number of hydrogen-bond acceptors (Lipinski definition) is 3. The fraction of sp³-hybridized carbons (Fsp3) is 0.333. The summed E-state index contributed by atoms with van der Waals surface area (Å²) in [6.45, 7) is 5.50. The molecule has 3 aromatic rings. The van der Waals surface area contributed by atoms with Crippen LogP contribution >= 0.6 is 22.7 Å². The van der Waals surface area contributed by atoms with Gasteiger partial charge in [-0.2, -0.15) is 0 Å². The molecule has 2 aromatic heterocycles. The topological polar surface area (TPSA) is 12.0 Å². The predicted octanol–water partition coefficient (Wildman–Crippen LogP) is 5.61. The lowest BCUT2D eigenvalue weighted by Crippen LogP contribution is -2.22. The number of hydrogen-bond donors (Lipinski definition) is 1. The third-order valence-corrected chi connectivity index (χ3v) is 6.01. The number of nitrogens with one attached hydrogen (secondary N) is 1. The van der Waals surface area contributed by atoms with Crippen molar-refractivity contribution < 1.29 is 0 Å². The number of thiophene rings is 2. The van der Waals surface area contributed by atoms with Crippen molar-refractivity contribution in [2.75, 3.05) is 6.54 Å². The molecule has 0 saturated carbocycles. The predicted molar refractivity (Wildman–Crippen MR) is 95.7 cm³/mol. The first-order valence-corrected chi connectivity index (χ1v) is 9.31. The Bertz CT molecular complexity index is 711. The molecule has 1 N–H and O–H groups in total. The summed E-state index contributed by atoms with van der Waals surface area (Å²) >= 11 is 3.79. The van der Waals surface area contributed by atoms with E-state index in [0.717, 1.165) is 19.4 Å². The summed E-state index contributed by atoms with van der Waals surface area (Å²) in [7, 11) is 0. The van der Waals surface area contributed by atoms with Gasteiger partial charge >= 0.3 is 0 Å². The zero-order valence-electron chi connectivity index (χ0n) is 12.6. The van der Waals surface area contributed by atoms with Crippen LogP contribution in [0.25, 0.3) is 10.1 Å². The molecule has 0 radical (unpaired) electrons. The van der Waals surface area contributed by atoms with E-state index in [4.69, 9.17) is 0 Å². The molecule has 0 saturated heterocycles. The molecule has 3 heteroatoms. The van der Waals surface area contributed by atoms with E-state index < -0.39 is 0 Å². The molecule has 0 spiro atoms. The lowest BCUT2D eigenvalue weighted by molar-refractivity contribution is 0.610. The first-order chi connectivity index (χ1) is 10.3. The van der Waals surface area contributed by atoms with Crippen molar-refractivity contribution in [3.63, 3.8) is 0 Å². The zero-order valence-corrected chi connectivity index (χ0v) is 14.2. The van der Waals surface area contributed by atoms with Gasteiger partial charge in [0.05, 0.1) is 6.04 Å². The zero-order chi connectivity index (χ0) is 14.7. The van der Waals surface area contributed by atoms with Crippen molar-refractivity contribution >= 4 is 32.8 Å². The SMILES string of the molecule is CCCNC(c1ccc(CC)s1)c1csc2ccccc12. The van der Waals surface area contributed by atoms with Crippen molar-refractivity contribution in [1.82, 2.24) is 5.32 Å². The molecule has 1 atom stereocenters. The molecule has 3 rings (SSSR count). The van der Waals surface area contributed by atoms with Gasteiger partial charge < -0.3 is 5.32 Å². The van der Waals surface area contributed by atoms with Crippen LogP contribution < -0.4 is 5.32 Å². The maximum absolute atomic E-state index is 3.73. The molecule has 0 bridgehead atoms. The quantitative estimate of drug-likeness (QED) is 0.623. The van der Waals surface area contributed by atoms with Crippen LogP contribution in [0.5, 0.6) is 0 Å². The van der Waals surface area contributed by atoms with E-state index in [1.165, 1.54) is 25.4 Å². The molecule has 21 heavy (non-hydrogen) atoms. The van der Waals surface area contributed by atoms with E-state index in [1.54, 1.807) is 0 Å². The van der Waals surface area contributed by atoms with E-state index in [2.05, 4.69) is 60.9 Å². The van der Waals surface area contributed by atoms with Gasteiger partial charge in [0.25, 0.3) is 0 Å². The van der Waals surface area contributed by atoms with Gasteiger partial charge in [-0.05, 0) is 53.9 Å². The number of aryl methyl sites for hydroxylation is 1. The summed E-state index contributed by atoms with van der Waals surface area (Å²) in [5.74, 6) is 0. The molecule has 0 fully saturated rings. The van der Waals surface area contributed by atoms with E-state index in [-0.39, 0.29) is 0 Å². The monoisotopic (exact) mass is 315 g/mol. The minimum Gasteiger partial charge on any atom is -0.306 e. The molecule has 2 heterocycles. The van der Waals surface area contributed by atoms with Gasteiger partial charge in [0, 0.05) is 14.5 Å². The number of benzene rings is 1. The first-order valence-electron chi connectivity index (χ1n) is 7.61. The Balaban J connectivity index is 2.02. The summed E-state index contributed by atoms with van der Waals surface area (Å²) in [4.78, 5) is 2.90. The second kappa shape index (κ2) is 6.73. The Morgan fingerprint density at radius 1 is 1.10 bits per heavy atom. The lowest BCUT2D eigenvalue weighted by Gasteiger charge is -2.17. The van der Waals surface area contributed by atoms with Crippen molar-refractivity contribution in [3.05, 3.63) is 57.1 Å². The molecule has 1 unspecified atom stereocenters. The van der Waals surface area contributed by atoms with Gasteiger partial charge in [0.1, 0.15) is 0 Å². The summed E-state index contributed by atoms with van der Waals surface area (Å²) in [5.41, 5.74) is 1.42. The Hall–Kier alpha value is -1.16. The highest BCUT2D eigenvalue weighted by molar-refractivity contribution is 7.17. The van der Waals surface area contributed by atoms with E-state index in [0.29, 0.717) is 6.04 Å². The van der Waals surface area contributed by atoms with Gasteiger partial charge in [-0.3, -0.25) is 0 Å². The van der Waals surface area contributed by atoms with Crippen LogP contribution in [-0.4, -0.2) is 6.54 Å². The Kier molecular flexibility index (Phi) is 4.73. The second-order valence-electron chi connectivity index (χ2n) is 5.23. The summed E-state index contributed by atoms with van der Waals surface area (Å²) in [5, 5.41) is 7.45. The molecule has 1 aromatic carbocycles. The molecule has 0 aliphatic heterocycles. The van der Waals surface area contributed by atoms with Crippen molar-refractivity contribution in [2.45, 2.75) is 32.7 Å². The van der Waals surface area contributed by atoms with Crippen LogP contribution in [0.3, 0.4) is 0 Å². The molecular weight excluding hydrogens is 294 g/mol. The molecular formula is C18H21NS2. The normalized spacial score (nSPS) is 12.9. The van der Waals surface area contributed by atoms with Crippen molar-refractivity contribution in [2.24, 2.45) is 0 Å². The Morgan fingerprint density at radius 3 is 2.71 bits per heavy atom. The second-order valence-corrected chi connectivity index (χ2v) is 7.34. The highest BCUT2D eigenvalue weighted by atomic mass is 32.1. The molecule has 0 aliphatic carbocycles. The van der Waals surface area contributed by atoms with Gasteiger partial charge in [-0.25, -0.2) is 0 Å². The van der Waals surface area contributed by atoms with E-state index in [1.807, 2.05) is 22.7 Å². The van der Waals surface area contributed by atoms with Crippen LogP contribution in [0, 0.1) is 0 Å². The van der Waals surface area contributed by atoms with Crippen LogP contribution in [-0.2, 0) is 6.42 Å². The number of fused-ring (bicyclic) bond motifs is 1. The van der Waals surface area contributed by atoms with E-state index in [9.17, 15) is 0 Å². The summed E-state index contributed by atoms with van der Waals surface area (Å²) < 4.78 is 1.38. The summed E-state index contributed by atoms with van der Waals surface area (Å²) in [6, 6.07) is 13.6. The Morgan fingerprint density at radius 2 is 1.95 bits per heavy atom. The smallest absolute Gasteiger partial charge is 0.0685 e. The largest absolute Gasteiger partial charge is 0.306 e. The van der Waals surface area contributed by atoms with Crippen molar-refractivity contribution in [3.8, 4) is 0 Å². The van der Waals surface area contributed by atoms with Crippen LogP contribution in [0.2, 0.25) is 0 Å². The van der Waals surface area contributed by atoms with Gasteiger partial charge in [-0.1, -0.05) is 32.0 Å². The molecule has 110 valence electrons. The van der Waals surface area contributed by atoms with Gasteiger partial charge in [-0.15, -0.1) is 22.7 Å². The van der Waals surface area contributed by atoms with Gasteiger partial charge in [0.2, 0.25) is 0 Å². The highest BCUT2D eigenvalue weighted by Gasteiger charge is 2.18. The standard InChI is InChI=1S/C18H21NS2/c1-3-11-19-18(17-10-9-13(4-2)21-17)15-12-20-16-8-6-5-7-14(15)16/h5-10,12,18-19H,3-4,11H2,1-2H3. The van der Waals surface area contributed by atoms with E-state index >= 15 is 0 Å². The number of rotatable bonds is 6. The van der Waals surface area contributed by atoms with Gasteiger partial charge in [0.15, 0.2) is 0 Å². The minimum absolute atomic E-state index is 0.325. The first kappa shape index (κ1) is 14.8. The highest BCUT2D eigenvalue weighted by Crippen LogP contribution is 2.36. The van der Waals surface area contributed by atoms with Crippen LogP contribution in [0.1, 0.15) is 41.6 Å². The van der Waals surface area contributed by atoms with Crippen molar-refractivity contribution in [1.29, 1.82) is 0 Å².